The van der Waals surface area contributed by atoms with E-state index < -0.39 is 23.1 Å². The zero-order valence-electron chi connectivity index (χ0n) is 14.5. The number of cyclic esters (lactones) is 1. The van der Waals surface area contributed by atoms with Gasteiger partial charge < -0.3 is 10.1 Å². The van der Waals surface area contributed by atoms with Crippen molar-refractivity contribution in [2.45, 2.75) is 18.3 Å². The zero-order chi connectivity index (χ0) is 19.0. The number of carbonyl (C=O) groups is 2. The van der Waals surface area contributed by atoms with Crippen LogP contribution in [0.15, 0.2) is 42.5 Å². The topological polar surface area (TPSA) is 58.6 Å². The molecule has 7 heteroatoms. The summed E-state index contributed by atoms with van der Waals surface area (Å²) in [4.78, 5) is 25.7. The summed E-state index contributed by atoms with van der Waals surface area (Å²) >= 11 is 0. The third-order valence-corrected chi connectivity index (χ3v) is 5.12. The second-order valence-electron chi connectivity index (χ2n) is 6.90. The first kappa shape index (κ1) is 17.5. The van der Waals surface area contributed by atoms with Gasteiger partial charge in [-0.25, -0.2) is 13.6 Å². The highest BCUT2D eigenvalue weighted by molar-refractivity contribution is 5.97. The van der Waals surface area contributed by atoms with Gasteiger partial charge in [-0.1, -0.05) is 12.1 Å². The Kier molecular flexibility index (Phi) is 4.30. The summed E-state index contributed by atoms with van der Waals surface area (Å²) in [5, 5.41) is 2.84. The number of hydrogen-bond acceptors (Lipinski definition) is 3. The predicted octanol–water partition coefficient (Wildman–Crippen LogP) is 3.38. The van der Waals surface area contributed by atoms with Crippen molar-refractivity contribution < 1.29 is 23.1 Å². The van der Waals surface area contributed by atoms with E-state index >= 15 is 0 Å². The van der Waals surface area contributed by atoms with Crippen LogP contribution in [-0.4, -0.2) is 31.7 Å². The second kappa shape index (κ2) is 6.64. The van der Waals surface area contributed by atoms with Crippen molar-refractivity contribution in [3.05, 3.63) is 65.2 Å². The number of amides is 2. The largest absolute Gasteiger partial charge is 0.447 e. The van der Waals surface area contributed by atoms with E-state index in [0.29, 0.717) is 30.0 Å². The Labute approximate surface area is 154 Å². The van der Waals surface area contributed by atoms with Crippen LogP contribution in [0.5, 0.6) is 0 Å². The first-order valence-electron chi connectivity index (χ1n) is 8.77. The molecule has 2 aromatic carbocycles. The van der Waals surface area contributed by atoms with E-state index in [0.717, 1.165) is 18.9 Å². The van der Waals surface area contributed by atoms with Gasteiger partial charge >= 0.3 is 6.09 Å². The molecule has 1 heterocycles. The van der Waals surface area contributed by atoms with E-state index in [1.54, 1.807) is 24.3 Å². The maximum absolute atomic E-state index is 14.1. The van der Waals surface area contributed by atoms with Gasteiger partial charge in [0.2, 0.25) is 0 Å². The average molecular weight is 372 g/mol. The Bertz CT molecular complexity index is 912. The van der Waals surface area contributed by atoms with Crippen LogP contribution in [0.3, 0.4) is 0 Å². The van der Waals surface area contributed by atoms with Crippen LogP contribution in [0, 0.1) is 11.6 Å². The Hall–Kier alpha value is -2.96. The number of hydrogen-bond donors (Lipinski definition) is 1. The van der Waals surface area contributed by atoms with Gasteiger partial charge in [0, 0.05) is 29.3 Å². The van der Waals surface area contributed by atoms with Gasteiger partial charge in [-0.2, -0.15) is 0 Å². The van der Waals surface area contributed by atoms with E-state index in [4.69, 9.17) is 4.74 Å². The number of ether oxygens (including phenoxy) is 1. The first-order chi connectivity index (χ1) is 13.0. The lowest BCUT2D eigenvalue weighted by Crippen LogP contribution is -2.33. The number of anilines is 1. The maximum Gasteiger partial charge on any atom is 0.414 e. The van der Waals surface area contributed by atoms with E-state index in [2.05, 4.69) is 5.32 Å². The fourth-order valence-electron chi connectivity index (χ4n) is 3.41. The molecule has 0 bridgehead atoms. The minimum absolute atomic E-state index is 0.268. The van der Waals surface area contributed by atoms with E-state index in [9.17, 15) is 18.4 Å². The van der Waals surface area contributed by atoms with Gasteiger partial charge in [0.1, 0.15) is 18.2 Å². The summed E-state index contributed by atoms with van der Waals surface area (Å²) in [5.74, 6) is -1.51. The Morgan fingerprint density at radius 2 is 2.00 bits per heavy atom. The number of carbonyl (C=O) groups excluding carboxylic acids is 2. The molecule has 2 aromatic rings. The van der Waals surface area contributed by atoms with Crippen LogP contribution < -0.4 is 10.2 Å². The summed E-state index contributed by atoms with van der Waals surface area (Å²) in [7, 11) is 0. The molecule has 2 aliphatic rings. The Morgan fingerprint density at radius 1 is 1.19 bits per heavy atom. The molecule has 5 nitrogen and oxygen atoms in total. The molecule has 1 saturated carbocycles. The smallest absolute Gasteiger partial charge is 0.414 e. The summed E-state index contributed by atoms with van der Waals surface area (Å²) < 4.78 is 32.1. The summed E-state index contributed by atoms with van der Waals surface area (Å²) in [6.07, 6.45) is 1.03. The average Bonchev–Trinajstić information content (AvgIpc) is 3.32. The molecule has 1 N–H and O–H groups in total. The molecule has 1 aliphatic heterocycles. The van der Waals surface area contributed by atoms with E-state index in [1.165, 1.54) is 17.0 Å². The molecule has 0 atom stereocenters. The van der Waals surface area contributed by atoms with Crippen molar-refractivity contribution in [2.75, 3.05) is 24.6 Å². The predicted molar refractivity (Wildman–Crippen MR) is 94.7 cm³/mol. The standard InChI is InChI=1S/C20H18F2N2O3/c21-14-4-5-16(17(22)11-14)20(6-7-20)12-23-18(25)13-2-1-3-15(10-13)24-8-9-27-19(24)26/h1-5,10-11H,6-9,12H2,(H,23,25). The monoisotopic (exact) mass is 372 g/mol. The number of rotatable bonds is 5. The van der Waals surface area contributed by atoms with Gasteiger partial charge in [0.15, 0.2) is 0 Å². The van der Waals surface area contributed by atoms with Crippen molar-refractivity contribution in [1.29, 1.82) is 0 Å². The molecule has 0 aromatic heterocycles. The van der Waals surface area contributed by atoms with Crippen LogP contribution in [0.1, 0.15) is 28.8 Å². The van der Waals surface area contributed by atoms with Crippen molar-refractivity contribution in [3.63, 3.8) is 0 Å². The lowest BCUT2D eigenvalue weighted by molar-refractivity contribution is 0.0949. The molecule has 1 aliphatic carbocycles. The van der Waals surface area contributed by atoms with Gasteiger partial charge in [-0.3, -0.25) is 9.69 Å². The lowest BCUT2D eigenvalue weighted by Gasteiger charge is -2.18. The summed E-state index contributed by atoms with van der Waals surface area (Å²) in [5.41, 5.74) is 0.945. The van der Waals surface area contributed by atoms with Crippen molar-refractivity contribution in [1.82, 2.24) is 5.32 Å². The minimum Gasteiger partial charge on any atom is -0.447 e. The molecular weight excluding hydrogens is 354 g/mol. The normalized spacial score (nSPS) is 17.6. The van der Waals surface area contributed by atoms with Crippen LogP contribution >= 0.6 is 0 Å². The molecule has 2 amide bonds. The quantitative estimate of drug-likeness (QED) is 0.875. The highest BCUT2D eigenvalue weighted by Gasteiger charge is 2.46. The molecule has 2 fully saturated rings. The number of nitrogens with zero attached hydrogens (tertiary/aromatic N) is 1. The van der Waals surface area contributed by atoms with E-state index in [1.807, 2.05) is 0 Å². The first-order valence-corrected chi connectivity index (χ1v) is 8.77. The molecular formula is C20H18F2N2O3. The minimum atomic E-state index is -0.617. The van der Waals surface area contributed by atoms with Crippen molar-refractivity contribution in [2.24, 2.45) is 0 Å². The molecule has 0 radical (unpaired) electrons. The molecule has 0 unspecified atom stereocenters. The molecule has 1 saturated heterocycles. The number of halogens is 2. The molecule has 0 spiro atoms. The van der Waals surface area contributed by atoms with Gasteiger partial charge in [0.25, 0.3) is 5.91 Å². The lowest BCUT2D eigenvalue weighted by atomic mass is 9.95. The van der Waals surface area contributed by atoms with Gasteiger partial charge in [0.05, 0.1) is 6.54 Å². The van der Waals surface area contributed by atoms with Crippen molar-refractivity contribution >= 4 is 17.7 Å². The highest BCUT2D eigenvalue weighted by atomic mass is 19.1. The van der Waals surface area contributed by atoms with Crippen molar-refractivity contribution in [3.8, 4) is 0 Å². The summed E-state index contributed by atoms with van der Waals surface area (Å²) in [6, 6.07) is 10.3. The van der Waals surface area contributed by atoms with Gasteiger partial charge in [-0.05, 0) is 42.7 Å². The van der Waals surface area contributed by atoms with Gasteiger partial charge in [-0.15, -0.1) is 0 Å². The maximum atomic E-state index is 14.1. The highest BCUT2D eigenvalue weighted by Crippen LogP contribution is 2.48. The van der Waals surface area contributed by atoms with Crippen LogP contribution in [-0.2, 0) is 10.2 Å². The number of benzene rings is 2. The summed E-state index contributed by atoms with van der Waals surface area (Å²) in [6.45, 7) is 1.03. The van der Waals surface area contributed by atoms with Crippen LogP contribution in [0.25, 0.3) is 0 Å². The van der Waals surface area contributed by atoms with Crippen LogP contribution in [0.2, 0.25) is 0 Å². The number of nitrogens with one attached hydrogen (secondary N) is 1. The third kappa shape index (κ3) is 3.37. The second-order valence-corrected chi connectivity index (χ2v) is 6.90. The molecule has 4 rings (SSSR count). The Balaban J connectivity index is 1.46. The zero-order valence-corrected chi connectivity index (χ0v) is 14.5. The third-order valence-electron chi connectivity index (χ3n) is 5.12. The molecule has 27 heavy (non-hydrogen) atoms. The Morgan fingerprint density at radius 3 is 2.67 bits per heavy atom. The van der Waals surface area contributed by atoms with E-state index in [-0.39, 0.29) is 12.5 Å². The SMILES string of the molecule is O=C(NCC1(c2ccc(F)cc2F)CC1)c1cccc(N2CCOC2=O)c1. The fraction of sp³-hybridized carbons (Fsp3) is 0.300. The van der Waals surface area contributed by atoms with Crippen LogP contribution in [0.4, 0.5) is 19.3 Å². The molecule has 140 valence electrons. The fourth-order valence-corrected chi connectivity index (χ4v) is 3.41.